The fraction of sp³-hybridized carbons (Fsp3) is 0.364. The molecule has 2 aromatic carbocycles. The van der Waals surface area contributed by atoms with E-state index in [2.05, 4.69) is 64.5 Å². The molecule has 26 heavy (non-hydrogen) atoms. The largest absolute Gasteiger partial charge is 0.419 e. The van der Waals surface area contributed by atoms with Gasteiger partial charge in [-0.3, -0.25) is 4.90 Å². The fourth-order valence-corrected chi connectivity index (χ4v) is 3.66. The summed E-state index contributed by atoms with van der Waals surface area (Å²) in [6.07, 6.45) is 5.05. The van der Waals surface area contributed by atoms with E-state index in [9.17, 15) is 0 Å². The van der Waals surface area contributed by atoms with E-state index in [-0.39, 0.29) is 6.04 Å². The number of nitrogens with zero attached hydrogens (tertiary/aromatic N) is 3. The van der Waals surface area contributed by atoms with Crippen molar-refractivity contribution in [3.63, 3.8) is 0 Å². The third-order valence-corrected chi connectivity index (χ3v) is 5.09. The summed E-state index contributed by atoms with van der Waals surface area (Å²) in [4.78, 5) is 2.49. The number of hydrogen-bond acceptors (Lipinski definition) is 4. The first-order chi connectivity index (χ1) is 12.8. The first-order valence-corrected chi connectivity index (χ1v) is 9.51. The van der Waals surface area contributed by atoms with Gasteiger partial charge in [0.15, 0.2) is 0 Å². The molecule has 1 aromatic heterocycles. The highest BCUT2D eigenvalue weighted by molar-refractivity contribution is 5.53. The van der Waals surface area contributed by atoms with Gasteiger partial charge in [0.25, 0.3) is 0 Å². The molecule has 0 unspecified atom stereocenters. The highest BCUT2D eigenvalue weighted by atomic mass is 16.4. The number of hydrogen-bond donors (Lipinski definition) is 0. The summed E-state index contributed by atoms with van der Waals surface area (Å²) in [5.41, 5.74) is 3.41. The molecule has 1 atom stereocenters. The van der Waals surface area contributed by atoms with E-state index in [1.165, 1.54) is 36.8 Å². The highest BCUT2D eigenvalue weighted by Crippen LogP contribution is 2.31. The fourth-order valence-electron chi connectivity index (χ4n) is 3.66. The lowest BCUT2D eigenvalue weighted by molar-refractivity contribution is 0.206. The molecule has 0 N–H and O–H groups in total. The highest BCUT2D eigenvalue weighted by Gasteiger charge is 2.28. The van der Waals surface area contributed by atoms with Gasteiger partial charge in [-0.05, 0) is 50.6 Å². The summed E-state index contributed by atoms with van der Waals surface area (Å²) in [5, 5.41) is 8.78. The van der Waals surface area contributed by atoms with Gasteiger partial charge in [-0.15, -0.1) is 10.2 Å². The maximum Gasteiger partial charge on any atom is 0.247 e. The Morgan fingerprint density at radius 1 is 0.846 bits per heavy atom. The van der Waals surface area contributed by atoms with Crippen molar-refractivity contribution in [2.75, 3.05) is 13.1 Å². The second kappa shape index (κ2) is 7.83. The Balaban J connectivity index is 1.68. The lowest BCUT2D eigenvalue weighted by Crippen LogP contribution is -2.30. The lowest BCUT2D eigenvalue weighted by atomic mass is 10.0. The van der Waals surface area contributed by atoms with Crippen molar-refractivity contribution in [3.8, 4) is 11.5 Å². The molecule has 0 radical (unpaired) electrons. The second-order valence-corrected chi connectivity index (χ2v) is 7.07. The average Bonchev–Trinajstić information content (AvgIpc) is 2.99. The van der Waals surface area contributed by atoms with Gasteiger partial charge < -0.3 is 4.42 Å². The Morgan fingerprint density at radius 3 is 2.23 bits per heavy atom. The Hall–Kier alpha value is -2.46. The molecule has 4 nitrogen and oxygen atoms in total. The molecule has 0 saturated carbocycles. The quantitative estimate of drug-likeness (QED) is 0.665. The molecular weight excluding hydrogens is 322 g/mol. The van der Waals surface area contributed by atoms with E-state index in [0.717, 1.165) is 18.7 Å². The minimum Gasteiger partial charge on any atom is -0.419 e. The molecule has 0 bridgehead atoms. The number of rotatable bonds is 4. The van der Waals surface area contributed by atoms with Gasteiger partial charge in [0.2, 0.25) is 11.8 Å². The summed E-state index contributed by atoms with van der Waals surface area (Å²) in [6.45, 7) is 4.22. The molecule has 4 heteroatoms. The predicted octanol–water partition coefficient (Wildman–Crippen LogP) is 5.01. The molecule has 0 amide bonds. The SMILES string of the molecule is Cc1ccc(-c2nnc([C@H](c3ccccc3)N3CCCCCC3)o2)cc1. The van der Waals surface area contributed by atoms with Crippen LogP contribution in [0.15, 0.2) is 59.0 Å². The summed E-state index contributed by atoms with van der Waals surface area (Å²) < 4.78 is 6.16. The van der Waals surface area contributed by atoms with E-state index in [1.54, 1.807) is 0 Å². The Morgan fingerprint density at radius 2 is 1.54 bits per heavy atom. The van der Waals surface area contributed by atoms with Crippen LogP contribution in [0.1, 0.15) is 48.7 Å². The van der Waals surface area contributed by atoms with Crippen LogP contribution in [0.2, 0.25) is 0 Å². The zero-order valence-corrected chi connectivity index (χ0v) is 15.3. The maximum absolute atomic E-state index is 6.16. The smallest absolute Gasteiger partial charge is 0.247 e. The molecule has 1 saturated heterocycles. The van der Waals surface area contributed by atoms with Crippen LogP contribution < -0.4 is 0 Å². The van der Waals surface area contributed by atoms with Crippen molar-refractivity contribution in [3.05, 3.63) is 71.6 Å². The van der Waals surface area contributed by atoms with Gasteiger partial charge in [-0.1, -0.05) is 60.9 Å². The van der Waals surface area contributed by atoms with Gasteiger partial charge in [0, 0.05) is 5.56 Å². The van der Waals surface area contributed by atoms with Crippen molar-refractivity contribution in [2.24, 2.45) is 0 Å². The molecule has 3 aromatic rings. The molecule has 134 valence electrons. The summed E-state index contributed by atoms with van der Waals surface area (Å²) in [6, 6.07) is 18.8. The van der Waals surface area contributed by atoms with Gasteiger partial charge in [0.1, 0.15) is 6.04 Å². The van der Waals surface area contributed by atoms with Gasteiger partial charge >= 0.3 is 0 Å². The van der Waals surface area contributed by atoms with Crippen molar-refractivity contribution in [1.82, 2.24) is 15.1 Å². The predicted molar refractivity (Wildman–Crippen MR) is 103 cm³/mol. The first kappa shape index (κ1) is 17.0. The summed E-state index contributed by atoms with van der Waals surface area (Å²) in [7, 11) is 0. The monoisotopic (exact) mass is 347 g/mol. The Bertz CT molecular complexity index is 818. The topological polar surface area (TPSA) is 42.2 Å². The van der Waals surface area contributed by atoms with Crippen LogP contribution in [0.25, 0.3) is 11.5 Å². The molecule has 1 aliphatic rings. The molecule has 1 aliphatic heterocycles. The molecule has 1 fully saturated rings. The molecule has 0 aliphatic carbocycles. The average molecular weight is 347 g/mol. The molecular formula is C22H25N3O. The van der Waals surface area contributed by atoms with Crippen LogP contribution in [0, 0.1) is 6.92 Å². The summed E-state index contributed by atoms with van der Waals surface area (Å²) in [5.74, 6) is 1.28. The van der Waals surface area contributed by atoms with E-state index in [4.69, 9.17) is 4.42 Å². The molecule has 4 rings (SSSR count). The normalized spacial score (nSPS) is 17.0. The lowest BCUT2D eigenvalue weighted by Gasteiger charge is -2.28. The second-order valence-electron chi connectivity index (χ2n) is 7.07. The number of likely N-dealkylation sites (tertiary alicyclic amines) is 1. The maximum atomic E-state index is 6.16. The van der Waals surface area contributed by atoms with Crippen LogP contribution in [-0.2, 0) is 0 Å². The molecule has 2 heterocycles. The van der Waals surface area contributed by atoms with Crippen LogP contribution in [0.4, 0.5) is 0 Å². The van der Waals surface area contributed by atoms with Crippen molar-refractivity contribution >= 4 is 0 Å². The minimum atomic E-state index is 0.0287. The Labute approximate surface area is 154 Å². The van der Waals surface area contributed by atoms with Gasteiger partial charge in [0.05, 0.1) is 0 Å². The Kier molecular flexibility index (Phi) is 5.12. The number of aromatic nitrogens is 2. The van der Waals surface area contributed by atoms with E-state index < -0.39 is 0 Å². The van der Waals surface area contributed by atoms with Gasteiger partial charge in [-0.25, -0.2) is 0 Å². The minimum absolute atomic E-state index is 0.0287. The van der Waals surface area contributed by atoms with Crippen molar-refractivity contribution in [1.29, 1.82) is 0 Å². The molecule has 0 spiro atoms. The van der Waals surface area contributed by atoms with Crippen LogP contribution in [-0.4, -0.2) is 28.2 Å². The zero-order chi connectivity index (χ0) is 17.8. The van der Waals surface area contributed by atoms with Crippen LogP contribution >= 0.6 is 0 Å². The number of benzene rings is 2. The first-order valence-electron chi connectivity index (χ1n) is 9.51. The van der Waals surface area contributed by atoms with Crippen LogP contribution in [0.5, 0.6) is 0 Å². The van der Waals surface area contributed by atoms with E-state index in [0.29, 0.717) is 11.8 Å². The summed E-state index contributed by atoms with van der Waals surface area (Å²) >= 11 is 0. The van der Waals surface area contributed by atoms with Crippen LogP contribution in [0.3, 0.4) is 0 Å². The standard InChI is InChI=1S/C22H25N3O/c1-17-11-13-19(14-12-17)21-23-24-22(26-21)20(18-9-5-4-6-10-18)25-15-7-2-3-8-16-25/h4-6,9-14,20H,2-3,7-8,15-16H2,1H3/t20-/m0/s1. The van der Waals surface area contributed by atoms with E-state index in [1.807, 2.05) is 12.1 Å². The van der Waals surface area contributed by atoms with Crippen molar-refractivity contribution in [2.45, 2.75) is 38.6 Å². The third-order valence-electron chi connectivity index (χ3n) is 5.09. The zero-order valence-electron chi connectivity index (χ0n) is 15.3. The third kappa shape index (κ3) is 3.70. The van der Waals surface area contributed by atoms with E-state index >= 15 is 0 Å². The number of aryl methyl sites for hydroxylation is 1. The van der Waals surface area contributed by atoms with Crippen molar-refractivity contribution < 1.29 is 4.42 Å². The van der Waals surface area contributed by atoms with Gasteiger partial charge in [-0.2, -0.15) is 0 Å².